The molecule has 0 radical (unpaired) electrons. The van der Waals surface area contributed by atoms with Crippen molar-refractivity contribution in [1.82, 2.24) is 10.2 Å². The molecule has 0 saturated carbocycles. The van der Waals surface area contributed by atoms with Crippen molar-refractivity contribution in [2.75, 3.05) is 20.0 Å². The first kappa shape index (κ1) is 13.4. The summed E-state index contributed by atoms with van der Waals surface area (Å²) in [6.07, 6.45) is 0.705. The highest BCUT2D eigenvalue weighted by Crippen LogP contribution is 2.43. The average Bonchev–Trinajstić information content (AvgIpc) is 2.83. The molecule has 0 unspecified atom stereocenters. The van der Waals surface area contributed by atoms with E-state index < -0.39 is 0 Å². The molecule has 3 N–H and O–H groups in total. The Hall–Kier alpha value is -2.02. The summed E-state index contributed by atoms with van der Waals surface area (Å²) >= 11 is 3.33. The van der Waals surface area contributed by atoms with E-state index in [1.807, 2.05) is 0 Å². The second kappa shape index (κ2) is 5.31. The zero-order valence-electron chi connectivity index (χ0n) is 10.4. The molecule has 6 nitrogen and oxygen atoms in total. The summed E-state index contributed by atoms with van der Waals surface area (Å²) in [5.41, 5.74) is 7.34. The van der Waals surface area contributed by atoms with E-state index in [1.165, 1.54) is 14.2 Å². The number of nitrogens with two attached hydrogens (primary N) is 1. The van der Waals surface area contributed by atoms with Crippen LogP contribution in [-0.4, -0.2) is 30.7 Å². The second-order valence-corrected chi connectivity index (χ2v) is 4.56. The van der Waals surface area contributed by atoms with Crippen LogP contribution in [0, 0.1) is 0 Å². The minimum atomic E-state index is 0.357. The summed E-state index contributed by atoms with van der Waals surface area (Å²) in [6.45, 7) is 0. The van der Waals surface area contributed by atoms with Crippen LogP contribution in [0.15, 0.2) is 16.6 Å². The minimum Gasteiger partial charge on any atom is -0.492 e. The Kier molecular flexibility index (Phi) is 3.75. The Morgan fingerprint density at radius 2 is 2.00 bits per heavy atom. The molecule has 0 amide bonds. The zero-order valence-corrected chi connectivity index (χ0v) is 11.9. The first-order valence-corrected chi connectivity index (χ1v) is 6.12. The number of carbonyl (C=O) groups is 1. The number of aromatic amines is 1. The van der Waals surface area contributed by atoms with Gasteiger partial charge >= 0.3 is 0 Å². The van der Waals surface area contributed by atoms with Crippen LogP contribution in [0.2, 0.25) is 0 Å². The van der Waals surface area contributed by atoms with Crippen LogP contribution in [0.25, 0.3) is 11.3 Å². The average molecular weight is 326 g/mol. The van der Waals surface area contributed by atoms with E-state index in [2.05, 4.69) is 26.1 Å². The van der Waals surface area contributed by atoms with Crippen molar-refractivity contribution in [2.24, 2.45) is 0 Å². The fourth-order valence-corrected chi connectivity index (χ4v) is 2.32. The number of nitrogens with one attached hydrogen (secondary N) is 1. The van der Waals surface area contributed by atoms with Gasteiger partial charge in [-0.1, -0.05) is 0 Å². The number of carbonyl (C=O) groups excluding carboxylic acids is 1. The number of methoxy groups -OCH3 is 2. The van der Waals surface area contributed by atoms with Gasteiger partial charge in [0, 0.05) is 16.1 Å². The summed E-state index contributed by atoms with van der Waals surface area (Å²) in [5, 5.41) is 6.66. The Bertz CT molecular complexity index is 625. The molecule has 1 heterocycles. The van der Waals surface area contributed by atoms with Crippen molar-refractivity contribution < 1.29 is 14.3 Å². The molecule has 2 aromatic rings. The monoisotopic (exact) mass is 325 g/mol. The van der Waals surface area contributed by atoms with Crippen molar-refractivity contribution >= 4 is 28.0 Å². The van der Waals surface area contributed by atoms with E-state index >= 15 is 0 Å². The van der Waals surface area contributed by atoms with Crippen LogP contribution in [0.1, 0.15) is 10.4 Å². The lowest BCUT2D eigenvalue weighted by atomic mass is 10.1. The maximum Gasteiger partial charge on any atom is 0.173 e. The molecule has 0 spiro atoms. The van der Waals surface area contributed by atoms with Crippen LogP contribution in [-0.2, 0) is 0 Å². The Labute approximate surface area is 118 Å². The minimum absolute atomic E-state index is 0.357. The lowest BCUT2D eigenvalue weighted by molar-refractivity contribution is 0.111. The Balaban J connectivity index is 2.74. The van der Waals surface area contributed by atoms with Crippen LogP contribution >= 0.6 is 15.9 Å². The summed E-state index contributed by atoms with van der Waals surface area (Å²) in [5.74, 6) is 1.16. The Morgan fingerprint density at radius 1 is 1.32 bits per heavy atom. The van der Waals surface area contributed by atoms with Gasteiger partial charge in [-0.05, 0) is 22.0 Å². The number of H-pyrrole nitrogens is 1. The molecule has 100 valence electrons. The largest absolute Gasteiger partial charge is 0.492 e. The summed E-state index contributed by atoms with van der Waals surface area (Å²) in [7, 11) is 2.98. The van der Waals surface area contributed by atoms with Crippen molar-refractivity contribution in [1.29, 1.82) is 0 Å². The normalized spacial score (nSPS) is 10.3. The van der Waals surface area contributed by atoms with Gasteiger partial charge in [0.2, 0.25) is 0 Å². The number of nitrogen functional groups attached to an aromatic ring is 1. The summed E-state index contributed by atoms with van der Waals surface area (Å²) in [6, 6.07) is 3.42. The predicted octanol–water partition coefficient (Wildman–Crippen LogP) is 2.25. The number of aldehydes is 1. The number of hydrogen-bond acceptors (Lipinski definition) is 5. The van der Waals surface area contributed by atoms with Gasteiger partial charge in [-0.15, -0.1) is 0 Å². The van der Waals surface area contributed by atoms with Gasteiger partial charge < -0.3 is 15.2 Å². The van der Waals surface area contributed by atoms with Crippen molar-refractivity contribution in [3.63, 3.8) is 0 Å². The standard InChI is InChI=1S/C12H12BrN3O3/c1-18-11-6(9-4-10(14)16-15-9)3-8(13)7(5-17)12(11)19-2/h3-5H,1-2H3,(H3,14,15,16). The second-order valence-electron chi connectivity index (χ2n) is 3.71. The first-order valence-electron chi connectivity index (χ1n) is 5.33. The van der Waals surface area contributed by atoms with Crippen molar-refractivity contribution in [2.45, 2.75) is 0 Å². The highest BCUT2D eigenvalue weighted by molar-refractivity contribution is 9.10. The molecule has 0 atom stereocenters. The van der Waals surface area contributed by atoms with Gasteiger partial charge in [0.05, 0.1) is 25.5 Å². The molecule has 0 aliphatic carbocycles. The smallest absolute Gasteiger partial charge is 0.173 e. The van der Waals surface area contributed by atoms with E-state index in [9.17, 15) is 4.79 Å². The van der Waals surface area contributed by atoms with Crippen LogP contribution < -0.4 is 15.2 Å². The van der Waals surface area contributed by atoms with Gasteiger partial charge in [0.1, 0.15) is 5.82 Å². The van der Waals surface area contributed by atoms with Crippen LogP contribution in [0.5, 0.6) is 11.5 Å². The molecule has 1 aromatic carbocycles. The van der Waals surface area contributed by atoms with E-state index in [0.29, 0.717) is 44.9 Å². The SMILES string of the molecule is COc1c(-c2cc(N)n[nH]2)cc(Br)c(C=O)c1OC. The molecule has 0 fully saturated rings. The van der Waals surface area contributed by atoms with Gasteiger partial charge in [0.15, 0.2) is 17.8 Å². The molecule has 0 saturated heterocycles. The van der Waals surface area contributed by atoms with E-state index in [4.69, 9.17) is 15.2 Å². The number of hydrogen-bond donors (Lipinski definition) is 2. The number of anilines is 1. The zero-order chi connectivity index (χ0) is 14.0. The number of ether oxygens (including phenoxy) is 2. The topological polar surface area (TPSA) is 90.2 Å². The fourth-order valence-electron chi connectivity index (χ4n) is 1.81. The van der Waals surface area contributed by atoms with Crippen LogP contribution in [0.3, 0.4) is 0 Å². The molecule has 0 aliphatic rings. The molecular weight excluding hydrogens is 314 g/mol. The molecular formula is C12H12BrN3O3. The number of nitrogens with zero attached hydrogens (tertiary/aromatic N) is 1. The molecule has 19 heavy (non-hydrogen) atoms. The lowest BCUT2D eigenvalue weighted by Crippen LogP contribution is -1.99. The summed E-state index contributed by atoms with van der Waals surface area (Å²) in [4.78, 5) is 11.1. The Morgan fingerprint density at radius 3 is 2.47 bits per heavy atom. The number of halogens is 1. The van der Waals surface area contributed by atoms with Gasteiger partial charge in [0.25, 0.3) is 0 Å². The van der Waals surface area contributed by atoms with Crippen LogP contribution in [0.4, 0.5) is 5.82 Å². The third-order valence-corrected chi connectivity index (χ3v) is 3.29. The number of aromatic nitrogens is 2. The molecule has 2 rings (SSSR count). The van der Waals surface area contributed by atoms with Gasteiger partial charge in [-0.2, -0.15) is 5.10 Å². The maximum atomic E-state index is 11.1. The first-order chi connectivity index (χ1) is 9.12. The molecule has 0 bridgehead atoms. The van der Waals surface area contributed by atoms with Gasteiger partial charge in [-0.25, -0.2) is 0 Å². The maximum absolute atomic E-state index is 11.1. The highest BCUT2D eigenvalue weighted by atomic mass is 79.9. The highest BCUT2D eigenvalue weighted by Gasteiger charge is 2.20. The van der Waals surface area contributed by atoms with Crippen molar-refractivity contribution in [3.05, 3.63) is 22.2 Å². The van der Waals surface area contributed by atoms with E-state index in [-0.39, 0.29) is 0 Å². The molecule has 0 aliphatic heterocycles. The summed E-state index contributed by atoms with van der Waals surface area (Å²) < 4.78 is 11.2. The molecule has 1 aromatic heterocycles. The van der Waals surface area contributed by atoms with E-state index in [0.717, 1.165) is 0 Å². The molecule has 7 heteroatoms. The predicted molar refractivity (Wildman–Crippen MR) is 74.6 cm³/mol. The van der Waals surface area contributed by atoms with E-state index in [1.54, 1.807) is 12.1 Å². The third-order valence-electron chi connectivity index (χ3n) is 2.64. The quantitative estimate of drug-likeness (QED) is 0.841. The number of benzene rings is 1. The number of rotatable bonds is 4. The fraction of sp³-hybridized carbons (Fsp3) is 0.167. The van der Waals surface area contributed by atoms with Crippen molar-refractivity contribution in [3.8, 4) is 22.8 Å². The third kappa shape index (κ3) is 2.28. The van der Waals surface area contributed by atoms with Gasteiger partial charge in [-0.3, -0.25) is 9.89 Å². The lowest BCUT2D eigenvalue weighted by Gasteiger charge is -2.14.